The van der Waals surface area contributed by atoms with Gasteiger partial charge in [-0.3, -0.25) is 0 Å². The van der Waals surface area contributed by atoms with Gasteiger partial charge in [-0.2, -0.15) is 4.31 Å². The molecule has 0 saturated carbocycles. The molecule has 1 aliphatic rings. The van der Waals surface area contributed by atoms with E-state index >= 15 is 0 Å². The highest BCUT2D eigenvalue weighted by atomic mass is 32.2. The molecule has 0 N–H and O–H groups in total. The first-order chi connectivity index (χ1) is 13.1. The molecule has 0 aromatic heterocycles. The summed E-state index contributed by atoms with van der Waals surface area (Å²) in [6.45, 7) is 10.1. The van der Waals surface area contributed by atoms with E-state index in [9.17, 15) is 8.42 Å². The van der Waals surface area contributed by atoms with E-state index in [1.807, 2.05) is 46.8 Å². The lowest BCUT2D eigenvalue weighted by Crippen LogP contribution is -2.39. The van der Waals surface area contributed by atoms with Gasteiger partial charge in [-0.25, -0.2) is 8.42 Å². The molecule has 0 amide bonds. The standard InChI is InChI=1S/C22H29NO4S/c1-13-10-14(2)16(4)22(15(13)3)28(24,25)23-9-8-18-11-20(26-6)21(27-7)12-19(18)17(23)5/h10-12,17H,8-9H2,1-7H3. The Kier molecular flexibility index (Phi) is 5.47. The Bertz CT molecular complexity index is 1000. The van der Waals surface area contributed by atoms with E-state index in [4.69, 9.17) is 9.47 Å². The van der Waals surface area contributed by atoms with Crippen molar-refractivity contribution < 1.29 is 17.9 Å². The fourth-order valence-electron chi connectivity index (χ4n) is 4.13. The number of aryl methyl sites for hydroxylation is 2. The van der Waals surface area contributed by atoms with E-state index in [2.05, 4.69) is 6.07 Å². The molecule has 1 aliphatic heterocycles. The van der Waals surface area contributed by atoms with Gasteiger partial charge >= 0.3 is 0 Å². The van der Waals surface area contributed by atoms with E-state index in [1.54, 1.807) is 18.5 Å². The summed E-state index contributed by atoms with van der Waals surface area (Å²) in [5, 5.41) is 0. The largest absolute Gasteiger partial charge is 0.493 e. The summed E-state index contributed by atoms with van der Waals surface area (Å²) >= 11 is 0. The molecule has 6 heteroatoms. The molecular formula is C22H29NO4S. The van der Waals surface area contributed by atoms with Crippen molar-refractivity contribution in [3.63, 3.8) is 0 Å². The van der Waals surface area contributed by atoms with Crippen molar-refractivity contribution in [2.75, 3.05) is 20.8 Å². The fraction of sp³-hybridized carbons (Fsp3) is 0.455. The third-order valence-electron chi connectivity index (χ3n) is 5.99. The van der Waals surface area contributed by atoms with Gasteiger partial charge in [-0.15, -0.1) is 0 Å². The van der Waals surface area contributed by atoms with E-state index < -0.39 is 10.0 Å². The molecular weight excluding hydrogens is 374 g/mol. The third kappa shape index (κ3) is 3.18. The summed E-state index contributed by atoms with van der Waals surface area (Å²) in [6, 6.07) is 5.63. The Morgan fingerprint density at radius 1 is 0.929 bits per heavy atom. The van der Waals surface area contributed by atoms with Crippen LogP contribution >= 0.6 is 0 Å². The lowest BCUT2D eigenvalue weighted by Gasteiger charge is -2.35. The SMILES string of the molecule is COc1cc2c(cc1OC)C(C)N(S(=O)(=O)c1c(C)c(C)cc(C)c1C)CC2. The van der Waals surface area contributed by atoms with Gasteiger partial charge in [0.2, 0.25) is 10.0 Å². The maximum Gasteiger partial charge on any atom is 0.244 e. The van der Waals surface area contributed by atoms with E-state index in [0.29, 0.717) is 29.4 Å². The number of nitrogens with zero attached hydrogens (tertiary/aromatic N) is 1. The highest BCUT2D eigenvalue weighted by Crippen LogP contribution is 2.41. The van der Waals surface area contributed by atoms with Crippen molar-refractivity contribution in [3.05, 3.63) is 51.6 Å². The minimum Gasteiger partial charge on any atom is -0.493 e. The van der Waals surface area contributed by atoms with Gasteiger partial charge in [0.15, 0.2) is 11.5 Å². The van der Waals surface area contributed by atoms with Gasteiger partial charge in [-0.1, -0.05) is 6.07 Å². The van der Waals surface area contributed by atoms with Gasteiger partial charge < -0.3 is 9.47 Å². The van der Waals surface area contributed by atoms with Gasteiger partial charge in [-0.05, 0) is 86.6 Å². The molecule has 1 heterocycles. The quantitative estimate of drug-likeness (QED) is 0.766. The second kappa shape index (κ2) is 7.41. The van der Waals surface area contributed by atoms with Crippen molar-refractivity contribution in [1.82, 2.24) is 4.31 Å². The summed E-state index contributed by atoms with van der Waals surface area (Å²) in [7, 11) is -0.433. The molecule has 1 atom stereocenters. The Hall–Kier alpha value is -2.05. The average molecular weight is 404 g/mol. The maximum absolute atomic E-state index is 13.7. The Morgan fingerprint density at radius 3 is 2.00 bits per heavy atom. The highest BCUT2D eigenvalue weighted by Gasteiger charge is 2.36. The Labute approximate surface area is 168 Å². The zero-order valence-electron chi connectivity index (χ0n) is 17.7. The molecule has 2 aromatic rings. The predicted octanol–water partition coefficient (Wildman–Crippen LogP) is 4.25. The molecule has 152 valence electrons. The van der Waals surface area contributed by atoms with Gasteiger partial charge in [0.1, 0.15) is 0 Å². The number of hydrogen-bond donors (Lipinski definition) is 0. The summed E-state index contributed by atoms with van der Waals surface area (Å²) in [5.41, 5.74) is 5.72. The van der Waals surface area contributed by atoms with Gasteiger partial charge in [0.05, 0.1) is 19.1 Å². The summed E-state index contributed by atoms with van der Waals surface area (Å²) in [5.74, 6) is 1.29. The zero-order chi connectivity index (χ0) is 20.8. The van der Waals surface area contributed by atoms with Crippen molar-refractivity contribution in [1.29, 1.82) is 0 Å². The molecule has 0 fully saturated rings. The number of rotatable bonds is 4. The van der Waals surface area contributed by atoms with Gasteiger partial charge in [0, 0.05) is 12.6 Å². The van der Waals surface area contributed by atoms with Crippen LogP contribution in [0.25, 0.3) is 0 Å². The second-order valence-electron chi connectivity index (χ2n) is 7.54. The van der Waals surface area contributed by atoms with Crippen molar-refractivity contribution in [2.45, 2.75) is 52.0 Å². The van der Waals surface area contributed by atoms with Crippen LogP contribution in [0.5, 0.6) is 11.5 Å². The Morgan fingerprint density at radius 2 is 1.46 bits per heavy atom. The number of benzene rings is 2. The van der Waals surface area contributed by atoms with E-state index in [1.165, 1.54) is 0 Å². The van der Waals surface area contributed by atoms with Crippen LogP contribution in [0.2, 0.25) is 0 Å². The molecule has 0 spiro atoms. The Balaban J connectivity index is 2.12. The number of hydrogen-bond acceptors (Lipinski definition) is 4. The highest BCUT2D eigenvalue weighted by molar-refractivity contribution is 7.89. The molecule has 2 aromatic carbocycles. The number of ether oxygens (including phenoxy) is 2. The van der Waals surface area contributed by atoms with Crippen LogP contribution in [-0.4, -0.2) is 33.5 Å². The zero-order valence-corrected chi connectivity index (χ0v) is 18.5. The number of methoxy groups -OCH3 is 2. The van der Waals surface area contributed by atoms with Crippen molar-refractivity contribution in [2.24, 2.45) is 0 Å². The van der Waals surface area contributed by atoms with Crippen LogP contribution in [0.3, 0.4) is 0 Å². The molecule has 28 heavy (non-hydrogen) atoms. The fourth-order valence-corrected chi connectivity index (χ4v) is 6.33. The van der Waals surface area contributed by atoms with Crippen LogP contribution in [0, 0.1) is 27.7 Å². The monoisotopic (exact) mass is 403 g/mol. The third-order valence-corrected chi connectivity index (χ3v) is 8.24. The normalized spacial score (nSPS) is 17.3. The predicted molar refractivity (Wildman–Crippen MR) is 111 cm³/mol. The molecule has 0 radical (unpaired) electrons. The lowest BCUT2D eigenvalue weighted by atomic mass is 9.94. The topological polar surface area (TPSA) is 55.8 Å². The average Bonchev–Trinajstić information content (AvgIpc) is 2.65. The summed E-state index contributed by atoms with van der Waals surface area (Å²) in [4.78, 5) is 0.445. The van der Waals surface area contributed by atoms with Gasteiger partial charge in [0.25, 0.3) is 0 Å². The first-order valence-corrected chi connectivity index (χ1v) is 10.9. The molecule has 0 saturated heterocycles. The maximum atomic E-state index is 13.7. The van der Waals surface area contributed by atoms with Crippen LogP contribution in [0.4, 0.5) is 0 Å². The summed E-state index contributed by atoms with van der Waals surface area (Å²) in [6.07, 6.45) is 0.641. The molecule has 1 unspecified atom stereocenters. The number of sulfonamides is 1. The minimum atomic E-state index is -3.63. The molecule has 0 aliphatic carbocycles. The van der Waals surface area contributed by atoms with E-state index in [0.717, 1.165) is 33.4 Å². The van der Waals surface area contributed by atoms with Crippen molar-refractivity contribution in [3.8, 4) is 11.5 Å². The number of fused-ring (bicyclic) bond motifs is 1. The van der Waals surface area contributed by atoms with E-state index in [-0.39, 0.29) is 6.04 Å². The van der Waals surface area contributed by atoms with Crippen LogP contribution in [0.15, 0.2) is 23.1 Å². The molecule has 5 nitrogen and oxygen atoms in total. The first-order valence-electron chi connectivity index (χ1n) is 9.47. The second-order valence-corrected chi connectivity index (χ2v) is 9.36. The van der Waals surface area contributed by atoms with Crippen molar-refractivity contribution >= 4 is 10.0 Å². The molecule has 0 bridgehead atoms. The summed E-state index contributed by atoms with van der Waals surface area (Å²) < 4.78 is 39.9. The minimum absolute atomic E-state index is 0.284. The lowest BCUT2D eigenvalue weighted by molar-refractivity contribution is 0.318. The van der Waals surface area contributed by atoms with Crippen LogP contribution in [-0.2, 0) is 16.4 Å². The molecule has 3 rings (SSSR count). The van der Waals surface area contributed by atoms with Crippen LogP contribution in [0.1, 0.15) is 46.3 Å². The first kappa shape index (κ1) is 20.7. The smallest absolute Gasteiger partial charge is 0.244 e. The van der Waals surface area contributed by atoms with Crippen LogP contribution < -0.4 is 9.47 Å².